The van der Waals surface area contributed by atoms with Crippen LogP contribution in [0.5, 0.6) is 0 Å². The lowest BCUT2D eigenvalue weighted by Crippen LogP contribution is -2.28. The molecule has 2 aromatic heterocycles. The van der Waals surface area contributed by atoms with Crippen LogP contribution in [0.1, 0.15) is 12.1 Å². The fourth-order valence-corrected chi connectivity index (χ4v) is 4.92. The molecule has 0 bridgehead atoms. The molecule has 31 heavy (non-hydrogen) atoms. The molecule has 0 fully saturated rings. The lowest BCUT2D eigenvalue weighted by atomic mass is 10.1. The maximum Gasteiger partial charge on any atom is 0.328 e. The van der Waals surface area contributed by atoms with Gasteiger partial charge in [-0.05, 0) is 37.1 Å². The van der Waals surface area contributed by atoms with Gasteiger partial charge in [-0.1, -0.05) is 30.3 Å². The van der Waals surface area contributed by atoms with E-state index in [9.17, 15) is 13.2 Å². The largest absolute Gasteiger partial charge is 0.328 e. The summed E-state index contributed by atoms with van der Waals surface area (Å²) in [5.74, 6) is 0. The minimum atomic E-state index is -3.66. The number of H-pyrrole nitrogens is 1. The summed E-state index contributed by atoms with van der Waals surface area (Å²) < 4.78 is 30.4. The second-order valence-corrected chi connectivity index (χ2v) is 9.67. The monoisotopic (exact) mass is 439 g/mol. The first-order valence-corrected chi connectivity index (χ1v) is 11.4. The molecule has 1 N–H and O–H groups in total. The van der Waals surface area contributed by atoms with Crippen molar-refractivity contribution in [2.24, 2.45) is 14.1 Å². The van der Waals surface area contributed by atoms with E-state index < -0.39 is 10.0 Å². The zero-order valence-corrected chi connectivity index (χ0v) is 18.6. The molecule has 0 spiro atoms. The maximum atomic E-state index is 13.0. The van der Waals surface area contributed by atoms with Gasteiger partial charge in [-0.3, -0.25) is 14.2 Å². The van der Waals surface area contributed by atoms with Gasteiger partial charge in [-0.15, -0.1) is 0 Å². The van der Waals surface area contributed by atoms with Crippen molar-refractivity contribution in [3.63, 3.8) is 0 Å². The number of aromatic nitrogens is 4. The van der Waals surface area contributed by atoms with Gasteiger partial charge in [0.05, 0.1) is 21.6 Å². The van der Waals surface area contributed by atoms with Crippen LogP contribution < -0.4 is 5.69 Å². The summed E-state index contributed by atoms with van der Waals surface area (Å²) in [4.78, 5) is 12.3. The van der Waals surface area contributed by atoms with Crippen LogP contribution in [0.4, 0.5) is 0 Å². The summed E-state index contributed by atoms with van der Waals surface area (Å²) in [5, 5.41) is 7.37. The third-order valence-corrected chi connectivity index (χ3v) is 7.42. The van der Waals surface area contributed by atoms with Gasteiger partial charge in [0.1, 0.15) is 0 Å². The quantitative estimate of drug-likeness (QED) is 0.479. The van der Waals surface area contributed by atoms with Crippen LogP contribution in [0.2, 0.25) is 0 Å². The zero-order valence-electron chi connectivity index (χ0n) is 17.7. The summed E-state index contributed by atoms with van der Waals surface area (Å²) in [6.45, 7) is 0.369. The van der Waals surface area contributed by atoms with Crippen LogP contribution in [-0.4, -0.2) is 45.6 Å². The number of aromatic amines is 1. The minimum Gasteiger partial charge on any atom is -0.295 e. The van der Waals surface area contributed by atoms with Crippen molar-refractivity contribution in [1.29, 1.82) is 0 Å². The normalized spacial score (nSPS) is 12.1. The Labute approximate surface area is 180 Å². The highest BCUT2D eigenvalue weighted by Gasteiger charge is 2.22. The molecule has 0 atom stereocenters. The molecule has 0 amide bonds. The summed E-state index contributed by atoms with van der Waals surface area (Å²) in [6.07, 6.45) is 1.34. The first kappa shape index (κ1) is 21.1. The van der Waals surface area contributed by atoms with Gasteiger partial charge >= 0.3 is 5.69 Å². The van der Waals surface area contributed by atoms with Gasteiger partial charge in [0.15, 0.2) is 0 Å². The number of rotatable bonds is 7. The van der Waals surface area contributed by atoms with Crippen molar-refractivity contribution >= 4 is 21.1 Å². The molecule has 0 unspecified atom stereocenters. The van der Waals surface area contributed by atoms with Crippen LogP contribution in [0, 0.1) is 0 Å². The molecule has 2 heterocycles. The lowest BCUT2D eigenvalue weighted by Gasteiger charge is -2.17. The third kappa shape index (κ3) is 3.94. The number of nitrogens with zero attached hydrogens (tertiary/aromatic N) is 4. The van der Waals surface area contributed by atoms with E-state index in [0.717, 1.165) is 17.0 Å². The van der Waals surface area contributed by atoms with Crippen LogP contribution in [-0.2, 0) is 30.5 Å². The SMILES string of the molecule is CN(CCCc1cc(-c2ccccc2)n[nH]1)S(=O)(=O)c1ccc2c(c1)n(C)c(=O)n2C. The van der Waals surface area contributed by atoms with E-state index in [4.69, 9.17) is 0 Å². The molecule has 4 aromatic rings. The second-order valence-electron chi connectivity index (χ2n) is 7.63. The predicted molar refractivity (Wildman–Crippen MR) is 120 cm³/mol. The molecule has 0 saturated heterocycles. The Morgan fingerprint density at radius 1 is 1.00 bits per heavy atom. The Morgan fingerprint density at radius 3 is 2.45 bits per heavy atom. The molecular weight excluding hydrogens is 414 g/mol. The number of aryl methyl sites for hydroxylation is 3. The molecule has 0 radical (unpaired) electrons. The van der Waals surface area contributed by atoms with E-state index in [-0.39, 0.29) is 10.6 Å². The first-order valence-electron chi connectivity index (χ1n) is 10.0. The molecule has 162 valence electrons. The topological polar surface area (TPSA) is 93.0 Å². The molecule has 8 nitrogen and oxygen atoms in total. The summed E-state index contributed by atoms with van der Waals surface area (Å²) in [5.41, 5.74) is 3.97. The number of sulfonamides is 1. The standard InChI is InChI=1S/C22H25N5O3S/c1-25(13-7-10-17-14-19(24-23-17)16-8-5-4-6-9-16)31(29,30)18-11-12-20-21(15-18)27(3)22(28)26(20)2/h4-6,8-9,11-12,14-15H,7,10,13H2,1-3H3,(H,23,24). The molecular formula is C22H25N5O3S. The Morgan fingerprint density at radius 2 is 1.71 bits per heavy atom. The second kappa shape index (κ2) is 8.16. The van der Waals surface area contributed by atoms with Crippen molar-refractivity contribution in [2.45, 2.75) is 17.7 Å². The summed E-state index contributed by atoms with van der Waals surface area (Å²) >= 11 is 0. The average Bonchev–Trinajstić information content (AvgIpc) is 3.33. The summed E-state index contributed by atoms with van der Waals surface area (Å²) in [6, 6.07) is 16.7. The fraction of sp³-hybridized carbons (Fsp3) is 0.273. The molecule has 0 saturated carbocycles. The van der Waals surface area contributed by atoms with E-state index in [1.54, 1.807) is 39.3 Å². The van der Waals surface area contributed by atoms with Crippen LogP contribution in [0.3, 0.4) is 0 Å². The Hall–Kier alpha value is -3.17. The first-order chi connectivity index (χ1) is 14.8. The molecule has 4 rings (SSSR count). The average molecular weight is 440 g/mol. The van der Waals surface area contributed by atoms with E-state index >= 15 is 0 Å². The van der Waals surface area contributed by atoms with Crippen molar-refractivity contribution in [3.05, 3.63) is 70.8 Å². The van der Waals surface area contributed by atoms with Gasteiger partial charge < -0.3 is 0 Å². The van der Waals surface area contributed by atoms with Crippen molar-refractivity contribution in [1.82, 2.24) is 23.6 Å². The molecule has 9 heteroatoms. The van der Waals surface area contributed by atoms with Crippen LogP contribution in [0.25, 0.3) is 22.3 Å². The third-order valence-electron chi connectivity index (χ3n) is 5.57. The van der Waals surface area contributed by atoms with Gasteiger partial charge in [0.2, 0.25) is 10.0 Å². The van der Waals surface area contributed by atoms with Crippen LogP contribution in [0.15, 0.2) is 64.3 Å². The van der Waals surface area contributed by atoms with E-state index in [1.807, 2.05) is 36.4 Å². The number of imidazole rings is 1. The fourth-order valence-electron chi connectivity index (χ4n) is 3.69. The Bertz CT molecular complexity index is 1380. The maximum absolute atomic E-state index is 13.0. The molecule has 0 aliphatic rings. The van der Waals surface area contributed by atoms with E-state index in [2.05, 4.69) is 10.2 Å². The highest BCUT2D eigenvalue weighted by molar-refractivity contribution is 7.89. The smallest absolute Gasteiger partial charge is 0.295 e. The molecule has 0 aliphatic carbocycles. The van der Waals surface area contributed by atoms with E-state index in [1.165, 1.54) is 13.4 Å². The number of fused-ring (bicyclic) bond motifs is 1. The van der Waals surface area contributed by atoms with Crippen LogP contribution >= 0.6 is 0 Å². The van der Waals surface area contributed by atoms with Crippen molar-refractivity contribution in [3.8, 4) is 11.3 Å². The van der Waals surface area contributed by atoms with Gasteiger partial charge in [-0.25, -0.2) is 17.5 Å². The van der Waals surface area contributed by atoms with Crippen molar-refractivity contribution in [2.75, 3.05) is 13.6 Å². The predicted octanol–water partition coefficient (Wildman–Crippen LogP) is 2.52. The number of benzene rings is 2. The number of nitrogens with one attached hydrogen (secondary N) is 1. The summed E-state index contributed by atoms with van der Waals surface area (Å²) in [7, 11) is 1.22. The zero-order chi connectivity index (χ0) is 22.2. The lowest BCUT2D eigenvalue weighted by molar-refractivity contribution is 0.460. The highest BCUT2D eigenvalue weighted by Crippen LogP contribution is 2.21. The van der Waals surface area contributed by atoms with Crippen molar-refractivity contribution < 1.29 is 8.42 Å². The molecule has 2 aromatic carbocycles. The number of hydrogen-bond donors (Lipinski definition) is 1. The van der Waals surface area contributed by atoms with E-state index in [0.29, 0.717) is 30.4 Å². The Kier molecular flexibility index (Phi) is 5.55. The Balaban J connectivity index is 1.44. The van der Waals surface area contributed by atoms with Gasteiger partial charge in [-0.2, -0.15) is 5.10 Å². The van der Waals surface area contributed by atoms with Gasteiger partial charge in [0, 0.05) is 38.9 Å². The van der Waals surface area contributed by atoms with Gasteiger partial charge in [0.25, 0.3) is 0 Å². The number of hydrogen-bond acceptors (Lipinski definition) is 4. The highest BCUT2D eigenvalue weighted by atomic mass is 32.2. The minimum absolute atomic E-state index is 0.177. The molecule has 0 aliphatic heterocycles.